The SMILES string of the molecule is CCN(c1ccc(N)cc1)C(C)COC. The van der Waals surface area contributed by atoms with Gasteiger partial charge in [0.1, 0.15) is 0 Å². The number of benzene rings is 1. The Morgan fingerprint density at radius 3 is 2.40 bits per heavy atom. The molecule has 3 heteroatoms. The van der Waals surface area contributed by atoms with E-state index >= 15 is 0 Å². The Kier molecular flexibility index (Phi) is 4.43. The van der Waals surface area contributed by atoms with Crippen LogP contribution < -0.4 is 10.6 Å². The van der Waals surface area contributed by atoms with E-state index in [1.807, 2.05) is 24.3 Å². The van der Waals surface area contributed by atoms with Crippen molar-refractivity contribution in [3.8, 4) is 0 Å². The Labute approximate surface area is 91.8 Å². The van der Waals surface area contributed by atoms with Crippen LogP contribution in [0.3, 0.4) is 0 Å². The fourth-order valence-corrected chi connectivity index (χ4v) is 1.75. The van der Waals surface area contributed by atoms with E-state index in [0.29, 0.717) is 6.04 Å². The van der Waals surface area contributed by atoms with E-state index in [0.717, 1.165) is 18.8 Å². The molecule has 15 heavy (non-hydrogen) atoms. The van der Waals surface area contributed by atoms with Crippen molar-refractivity contribution in [1.29, 1.82) is 0 Å². The van der Waals surface area contributed by atoms with Crippen molar-refractivity contribution in [2.24, 2.45) is 0 Å². The number of likely N-dealkylation sites (N-methyl/N-ethyl adjacent to an activating group) is 1. The van der Waals surface area contributed by atoms with Crippen molar-refractivity contribution in [2.45, 2.75) is 19.9 Å². The van der Waals surface area contributed by atoms with Gasteiger partial charge in [0.25, 0.3) is 0 Å². The van der Waals surface area contributed by atoms with Crippen LogP contribution in [0, 0.1) is 0 Å². The van der Waals surface area contributed by atoms with Crippen molar-refractivity contribution in [3.05, 3.63) is 24.3 Å². The van der Waals surface area contributed by atoms with Gasteiger partial charge >= 0.3 is 0 Å². The molecule has 1 unspecified atom stereocenters. The van der Waals surface area contributed by atoms with Crippen LogP contribution in [0.1, 0.15) is 13.8 Å². The minimum atomic E-state index is 0.378. The highest BCUT2D eigenvalue weighted by Gasteiger charge is 2.11. The lowest BCUT2D eigenvalue weighted by molar-refractivity contribution is 0.182. The van der Waals surface area contributed by atoms with Crippen molar-refractivity contribution in [1.82, 2.24) is 0 Å². The molecular weight excluding hydrogens is 188 g/mol. The smallest absolute Gasteiger partial charge is 0.0663 e. The van der Waals surface area contributed by atoms with E-state index in [-0.39, 0.29) is 0 Å². The molecule has 0 aliphatic carbocycles. The fraction of sp³-hybridized carbons (Fsp3) is 0.500. The van der Waals surface area contributed by atoms with Gasteiger partial charge in [0.2, 0.25) is 0 Å². The van der Waals surface area contributed by atoms with Crippen LogP contribution in [-0.2, 0) is 4.74 Å². The third kappa shape index (κ3) is 3.13. The standard InChI is InChI=1S/C12H20N2O/c1-4-14(10(2)9-15-3)12-7-5-11(13)6-8-12/h5-8,10H,4,9,13H2,1-3H3. The monoisotopic (exact) mass is 208 g/mol. The molecule has 0 aromatic heterocycles. The zero-order chi connectivity index (χ0) is 11.3. The van der Waals surface area contributed by atoms with Gasteiger partial charge in [-0.2, -0.15) is 0 Å². The summed E-state index contributed by atoms with van der Waals surface area (Å²) in [5.74, 6) is 0. The summed E-state index contributed by atoms with van der Waals surface area (Å²) in [6.45, 7) is 6.00. The highest BCUT2D eigenvalue weighted by atomic mass is 16.5. The summed E-state index contributed by atoms with van der Waals surface area (Å²) in [5, 5.41) is 0. The largest absolute Gasteiger partial charge is 0.399 e. The summed E-state index contributed by atoms with van der Waals surface area (Å²) in [6.07, 6.45) is 0. The number of nitrogen functional groups attached to an aromatic ring is 1. The Morgan fingerprint density at radius 1 is 1.33 bits per heavy atom. The molecule has 0 aliphatic rings. The number of methoxy groups -OCH3 is 1. The minimum Gasteiger partial charge on any atom is -0.399 e. The lowest BCUT2D eigenvalue weighted by Gasteiger charge is -2.29. The summed E-state index contributed by atoms with van der Waals surface area (Å²) >= 11 is 0. The maximum absolute atomic E-state index is 5.66. The molecule has 0 saturated heterocycles. The van der Waals surface area contributed by atoms with Gasteiger partial charge in [-0.25, -0.2) is 0 Å². The van der Waals surface area contributed by atoms with E-state index < -0.39 is 0 Å². The van der Waals surface area contributed by atoms with E-state index in [4.69, 9.17) is 10.5 Å². The Hall–Kier alpha value is -1.22. The van der Waals surface area contributed by atoms with E-state index in [9.17, 15) is 0 Å². The molecule has 0 heterocycles. The number of hydrogen-bond donors (Lipinski definition) is 1. The topological polar surface area (TPSA) is 38.5 Å². The molecule has 1 aromatic rings. The third-order valence-electron chi connectivity index (χ3n) is 2.51. The van der Waals surface area contributed by atoms with Crippen LogP contribution in [0.15, 0.2) is 24.3 Å². The van der Waals surface area contributed by atoms with Gasteiger partial charge in [-0.15, -0.1) is 0 Å². The average Bonchev–Trinajstić information content (AvgIpc) is 2.22. The lowest BCUT2D eigenvalue weighted by Crippen LogP contribution is -2.36. The maximum atomic E-state index is 5.66. The normalized spacial score (nSPS) is 12.5. The first kappa shape index (κ1) is 11.9. The molecule has 0 bridgehead atoms. The van der Waals surface area contributed by atoms with Crippen LogP contribution in [-0.4, -0.2) is 26.3 Å². The molecule has 84 valence electrons. The second-order valence-corrected chi connectivity index (χ2v) is 3.68. The number of anilines is 2. The first-order valence-corrected chi connectivity index (χ1v) is 5.30. The molecule has 3 nitrogen and oxygen atoms in total. The van der Waals surface area contributed by atoms with Crippen LogP contribution in [0.25, 0.3) is 0 Å². The van der Waals surface area contributed by atoms with Crippen LogP contribution in [0.5, 0.6) is 0 Å². The number of ether oxygens (including phenoxy) is 1. The van der Waals surface area contributed by atoms with Crippen LogP contribution in [0.4, 0.5) is 11.4 Å². The van der Waals surface area contributed by atoms with E-state index in [1.54, 1.807) is 7.11 Å². The number of nitrogens with zero attached hydrogens (tertiary/aromatic N) is 1. The molecule has 0 amide bonds. The van der Waals surface area contributed by atoms with Crippen molar-refractivity contribution < 1.29 is 4.74 Å². The summed E-state index contributed by atoms with van der Waals surface area (Å²) in [7, 11) is 1.73. The highest BCUT2D eigenvalue weighted by Crippen LogP contribution is 2.18. The molecule has 0 radical (unpaired) electrons. The molecule has 1 atom stereocenters. The van der Waals surface area contributed by atoms with Crippen molar-refractivity contribution in [2.75, 3.05) is 30.9 Å². The highest BCUT2D eigenvalue weighted by molar-refractivity contribution is 5.53. The summed E-state index contributed by atoms with van der Waals surface area (Å²) in [5.41, 5.74) is 7.65. The predicted molar refractivity (Wildman–Crippen MR) is 65.2 cm³/mol. The van der Waals surface area contributed by atoms with E-state index in [2.05, 4.69) is 18.7 Å². The quantitative estimate of drug-likeness (QED) is 0.753. The third-order valence-corrected chi connectivity index (χ3v) is 2.51. The molecule has 0 spiro atoms. The number of rotatable bonds is 5. The summed E-state index contributed by atoms with van der Waals surface area (Å²) in [4.78, 5) is 2.29. The van der Waals surface area contributed by atoms with Crippen molar-refractivity contribution in [3.63, 3.8) is 0 Å². The molecule has 1 rings (SSSR count). The van der Waals surface area contributed by atoms with Gasteiger partial charge in [0.05, 0.1) is 6.61 Å². The fourth-order valence-electron chi connectivity index (χ4n) is 1.75. The average molecular weight is 208 g/mol. The molecule has 1 aromatic carbocycles. The zero-order valence-corrected chi connectivity index (χ0v) is 9.73. The minimum absolute atomic E-state index is 0.378. The van der Waals surface area contributed by atoms with Gasteiger partial charge < -0.3 is 15.4 Å². The Morgan fingerprint density at radius 2 is 1.93 bits per heavy atom. The number of nitrogens with two attached hydrogens (primary N) is 1. The summed E-state index contributed by atoms with van der Waals surface area (Å²) in [6, 6.07) is 8.33. The second kappa shape index (κ2) is 5.61. The van der Waals surface area contributed by atoms with Crippen molar-refractivity contribution >= 4 is 11.4 Å². The maximum Gasteiger partial charge on any atom is 0.0663 e. The number of hydrogen-bond acceptors (Lipinski definition) is 3. The van der Waals surface area contributed by atoms with Gasteiger partial charge in [-0.1, -0.05) is 0 Å². The summed E-state index contributed by atoms with van der Waals surface area (Å²) < 4.78 is 5.17. The van der Waals surface area contributed by atoms with Crippen LogP contribution in [0.2, 0.25) is 0 Å². The van der Waals surface area contributed by atoms with Gasteiger partial charge in [-0.05, 0) is 38.1 Å². The first-order chi connectivity index (χ1) is 7.19. The predicted octanol–water partition coefficient (Wildman–Crippen LogP) is 2.13. The Bertz CT molecular complexity index is 284. The second-order valence-electron chi connectivity index (χ2n) is 3.68. The molecule has 2 N–H and O–H groups in total. The van der Waals surface area contributed by atoms with Gasteiger partial charge in [0, 0.05) is 31.1 Å². The van der Waals surface area contributed by atoms with Gasteiger partial charge in [-0.3, -0.25) is 0 Å². The lowest BCUT2D eigenvalue weighted by atomic mass is 10.2. The van der Waals surface area contributed by atoms with E-state index in [1.165, 1.54) is 5.69 Å². The molecular formula is C12H20N2O. The van der Waals surface area contributed by atoms with Gasteiger partial charge in [0.15, 0.2) is 0 Å². The first-order valence-electron chi connectivity index (χ1n) is 5.30. The molecule has 0 aliphatic heterocycles. The zero-order valence-electron chi connectivity index (χ0n) is 9.73. The molecule has 0 fully saturated rings. The van der Waals surface area contributed by atoms with Crippen LogP contribution >= 0.6 is 0 Å². The Balaban J connectivity index is 2.77. The molecule has 0 saturated carbocycles.